The van der Waals surface area contributed by atoms with Crippen molar-refractivity contribution in [2.75, 3.05) is 6.61 Å². The zero-order chi connectivity index (χ0) is 19.0. The van der Waals surface area contributed by atoms with E-state index in [2.05, 4.69) is 4.72 Å². The average Bonchev–Trinajstić information content (AvgIpc) is 2.43. The summed E-state index contributed by atoms with van der Waals surface area (Å²) in [5, 5.41) is 0. The van der Waals surface area contributed by atoms with Crippen LogP contribution in [-0.2, 0) is 20.5 Å². The number of unbranched alkanes of at least 4 members (excludes halogenated alkanes) is 3. The summed E-state index contributed by atoms with van der Waals surface area (Å²) in [5.74, 6) is -2.29. The minimum Gasteiger partial charge on any atom is -0.466 e. The molecule has 0 aliphatic carbocycles. The standard InChI is InChI=1S/C16H30F3NO3S/c1-6-8-9-10-11-12(14(21)23-7-2)13(16(17,18)19)20-24(22)15(3,4)5/h12-13,20H,6-11H2,1-5H3/t12-,13-,24-/m1/s1. The van der Waals surface area contributed by atoms with Crippen LogP contribution >= 0.6 is 0 Å². The summed E-state index contributed by atoms with van der Waals surface area (Å²) < 4.78 is 58.7. The molecular weight excluding hydrogens is 343 g/mol. The molecule has 0 rings (SSSR count). The van der Waals surface area contributed by atoms with Crippen LogP contribution in [-0.4, -0.2) is 33.8 Å². The number of carbonyl (C=O) groups excluding carboxylic acids is 1. The lowest BCUT2D eigenvalue weighted by molar-refractivity contribution is -0.179. The molecule has 0 fully saturated rings. The van der Waals surface area contributed by atoms with Gasteiger partial charge in [-0.1, -0.05) is 32.6 Å². The Morgan fingerprint density at radius 1 is 1.12 bits per heavy atom. The Kier molecular flexibility index (Phi) is 10.1. The molecule has 0 aliphatic rings. The number of carbonyl (C=O) groups is 1. The van der Waals surface area contributed by atoms with Crippen LogP contribution < -0.4 is 4.72 Å². The minimum absolute atomic E-state index is 0.0111. The third-order valence-corrected chi connectivity index (χ3v) is 5.08. The van der Waals surface area contributed by atoms with Gasteiger partial charge >= 0.3 is 12.1 Å². The summed E-state index contributed by atoms with van der Waals surface area (Å²) in [5.41, 5.74) is 0. The first-order valence-electron chi connectivity index (χ1n) is 8.36. The number of esters is 1. The van der Waals surface area contributed by atoms with Crippen LogP contribution in [0.25, 0.3) is 0 Å². The highest BCUT2D eigenvalue weighted by Gasteiger charge is 2.49. The van der Waals surface area contributed by atoms with Crippen LogP contribution in [0.1, 0.15) is 66.7 Å². The maximum absolute atomic E-state index is 13.5. The highest BCUT2D eigenvalue weighted by molar-refractivity contribution is 7.84. The zero-order valence-electron chi connectivity index (χ0n) is 15.2. The molecule has 144 valence electrons. The molecule has 0 aromatic heterocycles. The van der Waals surface area contributed by atoms with Crippen molar-refractivity contribution in [1.29, 1.82) is 0 Å². The van der Waals surface area contributed by atoms with Crippen molar-refractivity contribution >= 4 is 17.0 Å². The van der Waals surface area contributed by atoms with Gasteiger partial charge in [0.1, 0.15) is 6.04 Å². The van der Waals surface area contributed by atoms with Gasteiger partial charge in [0.05, 0.1) is 28.3 Å². The van der Waals surface area contributed by atoms with Crippen molar-refractivity contribution in [2.45, 2.75) is 83.7 Å². The van der Waals surface area contributed by atoms with Gasteiger partial charge in [-0.2, -0.15) is 13.2 Å². The van der Waals surface area contributed by atoms with Crippen LogP contribution in [0.15, 0.2) is 0 Å². The first kappa shape index (κ1) is 23.4. The van der Waals surface area contributed by atoms with E-state index in [1.807, 2.05) is 6.92 Å². The van der Waals surface area contributed by atoms with E-state index in [1.54, 1.807) is 27.7 Å². The lowest BCUT2D eigenvalue weighted by Crippen LogP contribution is -2.53. The number of ether oxygens (including phenoxy) is 1. The fourth-order valence-corrected chi connectivity index (χ4v) is 3.01. The molecule has 0 unspecified atom stereocenters. The van der Waals surface area contributed by atoms with Crippen LogP contribution in [0.3, 0.4) is 0 Å². The minimum atomic E-state index is -4.69. The van der Waals surface area contributed by atoms with Crippen LogP contribution in [0.4, 0.5) is 13.2 Å². The topological polar surface area (TPSA) is 55.4 Å². The Morgan fingerprint density at radius 2 is 1.71 bits per heavy atom. The van der Waals surface area contributed by atoms with E-state index < -0.39 is 39.8 Å². The predicted molar refractivity (Wildman–Crippen MR) is 89.8 cm³/mol. The van der Waals surface area contributed by atoms with E-state index in [1.165, 1.54) is 0 Å². The summed E-state index contributed by atoms with van der Waals surface area (Å²) in [7, 11) is -1.94. The van der Waals surface area contributed by atoms with Crippen LogP contribution in [0.5, 0.6) is 0 Å². The van der Waals surface area contributed by atoms with Crippen molar-refractivity contribution in [2.24, 2.45) is 5.92 Å². The third-order valence-electron chi connectivity index (χ3n) is 3.50. The van der Waals surface area contributed by atoms with Gasteiger partial charge in [-0.3, -0.25) is 4.79 Å². The van der Waals surface area contributed by atoms with Crippen LogP contribution in [0, 0.1) is 5.92 Å². The van der Waals surface area contributed by atoms with E-state index in [9.17, 15) is 22.2 Å². The molecule has 1 N–H and O–H groups in total. The molecule has 4 nitrogen and oxygen atoms in total. The van der Waals surface area contributed by atoms with Gasteiger partial charge in [0.25, 0.3) is 0 Å². The predicted octanol–water partition coefficient (Wildman–Crippen LogP) is 4.12. The molecular formula is C16H30F3NO3S. The summed E-state index contributed by atoms with van der Waals surface area (Å²) in [6.07, 6.45) is -1.56. The molecule has 0 amide bonds. The number of alkyl halides is 3. The highest BCUT2D eigenvalue weighted by Crippen LogP contribution is 2.31. The number of nitrogens with one attached hydrogen (secondary N) is 1. The Labute approximate surface area is 145 Å². The Bertz CT molecular complexity index is 408. The fraction of sp³-hybridized carbons (Fsp3) is 0.938. The Hall–Kier alpha value is -0.630. The van der Waals surface area contributed by atoms with Gasteiger partial charge in [-0.25, -0.2) is 8.93 Å². The lowest BCUT2D eigenvalue weighted by atomic mass is 9.93. The van der Waals surface area contributed by atoms with E-state index >= 15 is 0 Å². The highest BCUT2D eigenvalue weighted by atomic mass is 32.2. The fourth-order valence-electron chi connectivity index (χ4n) is 2.13. The maximum atomic E-state index is 13.5. The molecule has 0 saturated carbocycles. The maximum Gasteiger partial charge on any atom is 0.405 e. The van der Waals surface area contributed by atoms with Gasteiger partial charge in [0, 0.05) is 0 Å². The van der Waals surface area contributed by atoms with E-state index in [-0.39, 0.29) is 13.0 Å². The second-order valence-electron chi connectivity index (χ2n) is 6.73. The van der Waals surface area contributed by atoms with Crippen molar-refractivity contribution < 1.29 is 26.9 Å². The molecule has 0 heterocycles. The SMILES string of the molecule is CCCCCC[C@@H](C(=O)OCC)[C@@H](N[S@](=O)C(C)(C)C)C(F)(F)F. The van der Waals surface area contributed by atoms with Crippen molar-refractivity contribution in [3.8, 4) is 0 Å². The van der Waals surface area contributed by atoms with Crippen molar-refractivity contribution in [3.05, 3.63) is 0 Å². The molecule has 0 spiro atoms. The van der Waals surface area contributed by atoms with Gasteiger partial charge in [0.15, 0.2) is 0 Å². The van der Waals surface area contributed by atoms with E-state index in [4.69, 9.17) is 4.74 Å². The molecule has 0 aromatic carbocycles. The number of halogens is 3. The van der Waals surface area contributed by atoms with Gasteiger partial charge < -0.3 is 4.74 Å². The second kappa shape index (κ2) is 10.4. The summed E-state index contributed by atoms with van der Waals surface area (Å²) in [4.78, 5) is 12.1. The smallest absolute Gasteiger partial charge is 0.405 e. The first-order valence-corrected chi connectivity index (χ1v) is 9.51. The molecule has 3 atom stereocenters. The molecule has 24 heavy (non-hydrogen) atoms. The largest absolute Gasteiger partial charge is 0.466 e. The number of rotatable bonds is 10. The van der Waals surface area contributed by atoms with E-state index in [0.29, 0.717) is 6.42 Å². The molecule has 0 aliphatic heterocycles. The summed E-state index contributed by atoms with van der Waals surface area (Å²) in [6, 6.07) is -2.18. The molecule has 0 radical (unpaired) electrons. The Balaban J connectivity index is 5.32. The second-order valence-corrected chi connectivity index (χ2v) is 8.72. The molecule has 8 heteroatoms. The number of hydrogen-bond acceptors (Lipinski definition) is 3. The average molecular weight is 373 g/mol. The van der Waals surface area contributed by atoms with Gasteiger partial charge in [0.2, 0.25) is 0 Å². The van der Waals surface area contributed by atoms with Crippen molar-refractivity contribution in [1.82, 2.24) is 4.72 Å². The summed E-state index contributed by atoms with van der Waals surface area (Å²) in [6.45, 7) is 8.28. The monoisotopic (exact) mass is 373 g/mol. The molecule has 0 bridgehead atoms. The van der Waals surface area contributed by atoms with Crippen molar-refractivity contribution in [3.63, 3.8) is 0 Å². The third kappa shape index (κ3) is 8.46. The number of hydrogen-bond donors (Lipinski definition) is 1. The molecule has 0 saturated heterocycles. The van der Waals surface area contributed by atoms with E-state index in [0.717, 1.165) is 19.3 Å². The molecule has 0 aromatic rings. The van der Waals surface area contributed by atoms with Gasteiger partial charge in [-0.05, 0) is 34.1 Å². The normalized spacial score (nSPS) is 16.5. The van der Waals surface area contributed by atoms with Gasteiger partial charge in [-0.15, -0.1) is 0 Å². The lowest BCUT2D eigenvalue weighted by Gasteiger charge is -2.30. The Morgan fingerprint density at radius 3 is 2.12 bits per heavy atom. The zero-order valence-corrected chi connectivity index (χ0v) is 16.0. The first-order chi connectivity index (χ1) is 10.9. The van der Waals surface area contributed by atoms with Crippen LogP contribution in [0.2, 0.25) is 0 Å². The quantitative estimate of drug-likeness (QED) is 0.463. The summed E-state index contributed by atoms with van der Waals surface area (Å²) >= 11 is 0.